The molecule has 0 bridgehead atoms. The lowest BCUT2D eigenvalue weighted by molar-refractivity contribution is -0.0699. The minimum atomic E-state index is -0.0410. The Morgan fingerprint density at radius 3 is 2.47 bits per heavy atom. The Hall–Kier alpha value is -0.120. The number of hydrogen-bond donors (Lipinski definition) is 1. The van der Waals surface area contributed by atoms with E-state index in [1.165, 1.54) is 19.4 Å². The Morgan fingerprint density at radius 2 is 2.00 bits per heavy atom. The Bertz CT molecular complexity index is 275. The van der Waals surface area contributed by atoms with Crippen molar-refractivity contribution in [1.29, 1.82) is 0 Å². The highest BCUT2D eigenvalue weighted by Crippen LogP contribution is 2.37. The summed E-state index contributed by atoms with van der Waals surface area (Å²) >= 11 is 0. The van der Waals surface area contributed by atoms with E-state index in [4.69, 9.17) is 4.74 Å². The van der Waals surface area contributed by atoms with Gasteiger partial charge in [-0.2, -0.15) is 0 Å². The van der Waals surface area contributed by atoms with Crippen LogP contribution >= 0.6 is 0 Å². The van der Waals surface area contributed by atoms with Crippen LogP contribution in [-0.4, -0.2) is 48.3 Å². The molecule has 0 aromatic heterocycles. The molecular formula is C14H28N2O. The van der Waals surface area contributed by atoms with E-state index in [0.717, 1.165) is 19.0 Å². The van der Waals surface area contributed by atoms with Gasteiger partial charge in [0.1, 0.15) is 0 Å². The van der Waals surface area contributed by atoms with Gasteiger partial charge in [-0.05, 0) is 60.5 Å². The molecule has 0 radical (unpaired) electrons. The van der Waals surface area contributed by atoms with Gasteiger partial charge in [0.2, 0.25) is 0 Å². The van der Waals surface area contributed by atoms with Gasteiger partial charge in [0, 0.05) is 18.6 Å². The minimum absolute atomic E-state index is 0.0166. The van der Waals surface area contributed by atoms with Gasteiger partial charge in [0.05, 0.1) is 11.2 Å². The molecule has 2 rings (SSSR count). The maximum Gasteiger partial charge on any atom is 0.0787 e. The fraction of sp³-hybridized carbons (Fsp3) is 1.00. The van der Waals surface area contributed by atoms with Crippen LogP contribution in [0.4, 0.5) is 0 Å². The summed E-state index contributed by atoms with van der Waals surface area (Å²) in [5, 5.41) is 3.73. The summed E-state index contributed by atoms with van der Waals surface area (Å²) in [4.78, 5) is 2.47. The molecule has 2 fully saturated rings. The maximum atomic E-state index is 6.11. The quantitative estimate of drug-likeness (QED) is 0.817. The smallest absolute Gasteiger partial charge is 0.0787 e. The summed E-state index contributed by atoms with van der Waals surface area (Å²) in [6, 6.07) is 1.20. The van der Waals surface area contributed by atoms with Gasteiger partial charge in [-0.25, -0.2) is 0 Å². The highest BCUT2D eigenvalue weighted by atomic mass is 16.5. The lowest BCUT2D eigenvalue weighted by atomic mass is 9.94. The lowest BCUT2D eigenvalue weighted by Gasteiger charge is -2.29. The normalized spacial score (nSPS) is 36.5. The first-order chi connectivity index (χ1) is 7.80. The van der Waals surface area contributed by atoms with Gasteiger partial charge < -0.3 is 15.0 Å². The molecule has 0 aliphatic carbocycles. The number of nitrogens with one attached hydrogen (secondary N) is 1. The molecule has 2 saturated heterocycles. The molecule has 0 saturated carbocycles. The largest absolute Gasteiger partial charge is 0.368 e. The van der Waals surface area contributed by atoms with Crippen LogP contribution in [0.5, 0.6) is 0 Å². The summed E-state index contributed by atoms with van der Waals surface area (Å²) < 4.78 is 6.11. The van der Waals surface area contributed by atoms with Crippen molar-refractivity contribution in [2.45, 2.75) is 70.2 Å². The third-order valence-corrected chi connectivity index (χ3v) is 4.35. The van der Waals surface area contributed by atoms with Gasteiger partial charge in [0.25, 0.3) is 0 Å². The van der Waals surface area contributed by atoms with Gasteiger partial charge >= 0.3 is 0 Å². The Balaban J connectivity index is 1.87. The van der Waals surface area contributed by atoms with Crippen LogP contribution in [0.25, 0.3) is 0 Å². The molecule has 2 heterocycles. The van der Waals surface area contributed by atoms with Gasteiger partial charge in [-0.15, -0.1) is 0 Å². The fourth-order valence-electron chi connectivity index (χ4n) is 3.40. The van der Waals surface area contributed by atoms with Crippen molar-refractivity contribution in [2.75, 3.05) is 20.1 Å². The highest BCUT2D eigenvalue weighted by molar-refractivity contribution is 4.99. The van der Waals surface area contributed by atoms with Crippen molar-refractivity contribution in [2.24, 2.45) is 0 Å². The molecule has 2 aliphatic heterocycles. The lowest BCUT2D eigenvalue weighted by Crippen LogP contribution is -2.47. The van der Waals surface area contributed by atoms with Crippen LogP contribution in [0.2, 0.25) is 0 Å². The molecule has 0 aromatic rings. The number of ether oxygens (including phenoxy) is 1. The second-order valence-electron chi connectivity index (χ2n) is 6.91. The summed E-state index contributed by atoms with van der Waals surface area (Å²) in [7, 11) is 2.24. The number of hydrogen-bond acceptors (Lipinski definition) is 3. The predicted octanol–water partition coefficient (Wildman–Crippen LogP) is 2.02. The van der Waals surface area contributed by atoms with E-state index in [1.807, 2.05) is 0 Å². The Morgan fingerprint density at radius 1 is 1.29 bits per heavy atom. The number of nitrogens with zero attached hydrogens (tertiary/aromatic N) is 1. The van der Waals surface area contributed by atoms with Gasteiger partial charge in [-0.3, -0.25) is 0 Å². The molecule has 17 heavy (non-hydrogen) atoms. The van der Waals surface area contributed by atoms with Crippen LogP contribution in [0.3, 0.4) is 0 Å². The molecule has 1 N–H and O–H groups in total. The zero-order chi connectivity index (χ0) is 12.7. The molecule has 0 spiro atoms. The number of likely N-dealkylation sites (N-methyl/N-ethyl adjacent to an activating group) is 1. The Kier molecular flexibility index (Phi) is 3.54. The van der Waals surface area contributed by atoms with Crippen LogP contribution in [0, 0.1) is 0 Å². The summed E-state index contributed by atoms with van der Waals surface area (Å²) in [6.07, 6.45) is 3.79. The molecule has 3 nitrogen and oxygen atoms in total. The van der Waals surface area contributed by atoms with Crippen molar-refractivity contribution >= 4 is 0 Å². The highest BCUT2D eigenvalue weighted by Gasteiger charge is 2.45. The van der Waals surface area contributed by atoms with E-state index >= 15 is 0 Å². The standard InChI is InChI=1S/C14H28N2O/c1-13(2)9-12(14(3,4)17-13)15-10-11-7-6-8-16(11)5/h11-12,15H,6-10H2,1-5H3. The molecule has 2 atom stereocenters. The molecule has 100 valence electrons. The van der Waals surface area contributed by atoms with Crippen LogP contribution in [0.15, 0.2) is 0 Å². The SMILES string of the molecule is CN1CCCC1CNC1CC(C)(C)OC1(C)C. The monoisotopic (exact) mass is 240 g/mol. The van der Waals surface area contributed by atoms with Crippen molar-refractivity contribution < 1.29 is 4.74 Å². The minimum Gasteiger partial charge on any atom is -0.368 e. The van der Waals surface area contributed by atoms with Crippen molar-refractivity contribution in [3.05, 3.63) is 0 Å². The first kappa shape index (κ1) is 13.3. The average Bonchev–Trinajstić information content (AvgIpc) is 2.64. The van der Waals surface area contributed by atoms with Gasteiger partial charge in [-0.1, -0.05) is 0 Å². The maximum absolute atomic E-state index is 6.11. The van der Waals surface area contributed by atoms with Crippen molar-refractivity contribution in [3.8, 4) is 0 Å². The van der Waals surface area contributed by atoms with E-state index in [1.54, 1.807) is 0 Å². The second-order valence-corrected chi connectivity index (χ2v) is 6.91. The zero-order valence-electron chi connectivity index (χ0n) is 12.0. The van der Waals surface area contributed by atoms with Crippen molar-refractivity contribution in [1.82, 2.24) is 10.2 Å². The number of rotatable bonds is 3. The van der Waals surface area contributed by atoms with Crippen LogP contribution in [0.1, 0.15) is 47.0 Å². The third-order valence-electron chi connectivity index (χ3n) is 4.35. The molecule has 0 amide bonds. The summed E-state index contributed by atoms with van der Waals surface area (Å²) in [6.45, 7) is 11.2. The third kappa shape index (κ3) is 3.01. The van der Waals surface area contributed by atoms with Gasteiger partial charge in [0.15, 0.2) is 0 Å². The van der Waals surface area contributed by atoms with E-state index in [9.17, 15) is 0 Å². The molecular weight excluding hydrogens is 212 g/mol. The predicted molar refractivity (Wildman–Crippen MR) is 71.3 cm³/mol. The van der Waals surface area contributed by atoms with Crippen LogP contribution in [-0.2, 0) is 4.74 Å². The van der Waals surface area contributed by atoms with Crippen LogP contribution < -0.4 is 5.32 Å². The molecule has 2 unspecified atom stereocenters. The number of likely N-dealkylation sites (tertiary alicyclic amines) is 1. The Labute approximate surface area is 106 Å². The van der Waals surface area contributed by atoms with E-state index < -0.39 is 0 Å². The first-order valence-electron chi connectivity index (χ1n) is 6.94. The first-order valence-corrected chi connectivity index (χ1v) is 6.94. The van der Waals surface area contributed by atoms with E-state index in [0.29, 0.717) is 6.04 Å². The van der Waals surface area contributed by atoms with E-state index in [2.05, 4.69) is 45.0 Å². The molecule has 0 aromatic carbocycles. The average molecular weight is 240 g/mol. The summed E-state index contributed by atoms with van der Waals surface area (Å²) in [5.41, 5.74) is -0.0244. The molecule has 3 heteroatoms. The fourth-order valence-corrected chi connectivity index (χ4v) is 3.40. The topological polar surface area (TPSA) is 24.5 Å². The van der Waals surface area contributed by atoms with E-state index in [-0.39, 0.29) is 11.2 Å². The zero-order valence-corrected chi connectivity index (χ0v) is 12.0. The second kappa shape index (κ2) is 4.52. The molecule has 2 aliphatic rings. The van der Waals surface area contributed by atoms with Crippen molar-refractivity contribution in [3.63, 3.8) is 0 Å². The summed E-state index contributed by atoms with van der Waals surface area (Å²) in [5.74, 6) is 0.